The number of benzene rings is 5. The molecule has 0 amide bonds. The Morgan fingerprint density at radius 1 is 0.863 bits per heavy atom. The third-order valence-electron chi connectivity index (χ3n) is 13.9. The lowest BCUT2D eigenvalue weighted by molar-refractivity contribution is -0.675. The van der Waals surface area contributed by atoms with E-state index < -0.39 is 73.8 Å². The van der Waals surface area contributed by atoms with Gasteiger partial charge in [-0.2, -0.15) is 8.61 Å². The van der Waals surface area contributed by atoms with E-state index in [1.165, 1.54) is 56.5 Å². The summed E-state index contributed by atoms with van der Waals surface area (Å²) in [4.78, 5) is 33.5. The van der Waals surface area contributed by atoms with E-state index in [0.717, 1.165) is 15.4 Å². The molecule has 0 saturated carbocycles. The number of rotatable bonds is 13. The average molecular weight is 1080 g/mol. The molecule has 0 spiro atoms. The number of anilines is 2. The van der Waals surface area contributed by atoms with Gasteiger partial charge in [-0.05, 0) is 108 Å². The van der Waals surface area contributed by atoms with Crippen molar-refractivity contribution in [1.82, 2.24) is 29.2 Å². The van der Waals surface area contributed by atoms with Crippen LogP contribution in [0, 0.1) is 25.5 Å². The van der Waals surface area contributed by atoms with Gasteiger partial charge in [0.15, 0.2) is 6.04 Å². The maximum Gasteiger partial charge on any atom is 0.470 e. The third-order valence-corrected chi connectivity index (χ3v) is 18.1. The molecule has 0 bridgehead atoms. The number of aryl methyl sites for hydroxylation is 1. The Labute approximate surface area is 427 Å². The van der Waals surface area contributed by atoms with Crippen molar-refractivity contribution in [3.8, 4) is 5.69 Å². The molecule has 73 heavy (non-hydrogen) atoms. The molecule has 5 aromatic carbocycles. The molecule has 5 heterocycles. The first-order valence-corrected chi connectivity index (χ1v) is 26.7. The molecule has 0 radical (unpaired) electrons. The Kier molecular flexibility index (Phi) is 13.2. The lowest BCUT2D eigenvalue weighted by Gasteiger charge is -2.41. The second-order valence-electron chi connectivity index (χ2n) is 18.3. The minimum Gasteiger partial charge on any atom is -0.391 e. The smallest absolute Gasteiger partial charge is 0.391 e. The molecule has 382 valence electrons. The van der Waals surface area contributed by atoms with Crippen molar-refractivity contribution in [3.05, 3.63) is 178 Å². The molecule has 3 aliphatic heterocycles. The zero-order chi connectivity index (χ0) is 51.8. The van der Waals surface area contributed by atoms with Crippen LogP contribution in [-0.4, -0.2) is 74.2 Å². The van der Waals surface area contributed by atoms with E-state index in [9.17, 15) is 26.4 Å². The summed E-state index contributed by atoms with van der Waals surface area (Å²) in [6.45, 7) is 7.13. The first-order valence-electron chi connectivity index (χ1n) is 23.1. The van der Waals surface area contributed by atoms with Crippen LogP contribution in [0.2, 0.25) is 10.0 Å². The minimum absolute atomic E-state index is 0.0104. The molecule has 10 rings (SSSR count). The zero-order valence-electron chi connectivity index (χ0n) is 39.8. The minimum atomic E-state index is -4.41. The van der Waals surface area contributed by atoms with Gasteiger partial charge < -0.3 is 19.1 Å². The molecule has 0 fully saturated rings. The van der Waals surface area contributed by atoms with Crippen molar-refractivity contribution in [2.75, 3.05) is 43.4 Å². The van der Waals surface area contributed by atoms with Crippen molar-refractivity contribution in [3.63, 3.8) is 0 Å². The van der Waals surface area contributed by atoms with Crippen molar-refractivity contribution in [1.29, 1.82) is 0 Å². The van der Waals surface area contributed by atoms with Gasteiger partial charge in [0, 0.05) is 47.0 Å². The number of nitrogens with one attached hydrogen (secondary N) is 3. The number of hydroxylamine groups is 1. The molecular weight excluding hydrogens is 1030 g/mol. The van der Waals surface area contributed by atoms with E-state index >= 15 is 8.78 Å². The third kappa shape index (κ3) is 8.85. The number of likely N-dealkylation sites (N-methyl/N-ethyl adjacent to an activating group) is 1. The summed E-state index contributed by atoms with van der Waals surface area (Å²) in [5, 5.41) is 13.9. The summed E-state index contributed by atoms with van der Waals surface area (Å²) in [7, 11) is -6.88. The SMILES string of the molecule is CNCCN1CN([C@@H]2c3oc(=O)[nH][n+]3-c3c(Cc4ccc(CON5CN([C@H](c6n[nH]c(=O)o6)[C@H](C)c6c(F)ccc(C)c6C)S(=O)(=O)c6ccc(Cl)cc65)cc4)ccc(F)c3[C@H]2C)S(=O)(=O)c2ccc(Cl)cc21. The van der Waals surface area contributed by atoms with Gasteiger partial charge in [-0.1, -0.05) is 72.5 Å². The van der Waals surface area contributed by atoms with Crippen LogP contribution < -0.4 is 31.5 Å². The van der Waals surface area contributed by atoms with Crippen LogP contribution in [0.15, 0.2) is 113 Å². The van der Waals surface area contributed by atoms with Crippen LogP contribution in [0.3, 0.4) is 0 Å². The van der Waals surface area contributed by atoms with Gasteiger partial charge in [-0.3, -0.25) is 4.84 Å². The standard InChI is InChI=1S/C49H47Cl2F2N9O9S2/c1-26-6-14-35(52)41(27(26)2)28(3)43(46-55-56-48(63)70-46)61-25-59(38-22-34(51)13-17-40(38)73(61,67)68)69-23-31-9-7-30(8-10-31)20-32-11-15-36(53)42-29(4)44(47-62(45(32)42)57-49(64)71-47)60-24-58(19-18-54-5)37-21-33(50)12-16-39(37)72(60,65)66/h6-17,21-22,28-29,43-44,54H,18-20,23-25H2,1-5H3,(H-,56,57,63,64)/p+1/t28-,29-,43+,44+/m1/s1. The van der Waals surface area contributed by atoms with E-state index in [-0.39, 0.29) is 63.1 Å². The monoisotopic (exact) mass is 1080 g/mol. The maximum absolute atomic E-state index is 16.3. The van der Waals surface area contributed by atoms with Crippen LogP contribution in [0.25, 0.3) is 5.69 Å². The molecule has 7 aromatic rings. The van der Waals surface area contributed by atoms with E-state index in [4.69, 9.17) is 36.9 Å². The number of hydrogen-bond acceptors (Lipinski definition) is 13. The second kappa shape index (κ2) is 19.2. The molecular formula is C49H48Cl2F2N9O9S2+. The van der Waals surface area contributed by atoms with Crippen LogP contribution in [0.4, 0.5) is 20.2 Å². The quantitative estimate of drug-likeness (QED) is 0.0995. The molecule has 2 aromatic heterocycles. The number of nitrogens with zero attached hydrogens (tertiary/aromatic N) is 6. The molecule has 24 heteroatoms. The molecule has 3 N–H and O–H groups in total. The van der Waals surface area contributed by atoms with Crippen LogP contribution in [0.5, 0.6) is 0 Å². The normalized spacial score (nSPS) is 19.0. The largest absolute Gasteiger partial charge is 0.470 e. The Hall–Kier alpha value is -6.24. The highest BCUT2D eigenvalue weighted by Crippen LogP contribution is 2.48. The molecule has 18 nitrogen and oxygen atoms in total. The number of aromatic nitrogens is 4. The Balaban J connectivity index is 0.933. The summed E-state index contributed by atoms with van der Waals surface area (Å²) in [5.41, 5.74) is 4.68. The van der Waals surface area contributed by atoms with Crippen LogP contribution in [0.1, 0.15) is 88.5 Å². The van der Waals surface area contributed by atoms with Crippen molar-refractivity contribution in [2.45, 2.75) is 74.4 Å². The first-order chi connectivity index (χ1) is 34.8. The Bertz CT molecular complexity index is 3670. The fourth-order valence-electron chi connectivity index (χ4n) is 10.2. The van der Waals surface area contributed by atoms with Gasteiger partial charge >= 0.3 is 17.4 Å². The summed E-state index contributed by atoms with van der Waals surface area (Å²) in [5.74, 6) is -5.02. The average Bonchev–Trinajstić information content (AvgIpc) is 3.96. The highest BCUT2D eigenvalue weighted by molar-refractivity contribution is 7.89. The topological polar surface area (TPSA) is 211 Å². The van der Waals surface area contributed by atoms with Gasteiger partial charge in [0.05, 0.1) is 30.2 Å². The number of halogens is 4. The molecule has 0 unspecified atom stereocenters. The van der Waals surface area contributed by atoms with Crippen LogP contribution in [-0.2, 0) is 37.9 Å². The van der Waals surface area contributed by atoms with Gasteiger partial charge in [0.25, 0.3) is 0 Å². The highest BCUT2D eigenvalue weighted by atomic mass is 35.5. The number of hydrogen-bond donors (Lipinski definition) is 3. The van der Waals surface area contributed by atoms with Gasteiger partial charge in [0.1, 0.15) is 34.1 Å². The van der Waals surface area contributed by atoms with E-state index in [0.29, 0.717) is 46.2 Å². The molecule has 3 aliphatic rings. The second-order valence-corrected chi connectivity index (χ2v) is 22.9. The lowest BCUT2D eigenvalue weighted by Crippen LogP contribution is -2.55. The molecule has 0 saturated heterocycles. The van der Waals surface area contributed by atoms with Crippen LogP contribution >= 0.6 is 23.2 Å². The predicted molar refractivity (Wildman–Crippen MR) is 265 cm³/mol. The van der Waals surface area contributed by atoms with Crippen molar-refractivity contribution < 1.29 is 44.0 Å². The van der Waals surface area contributed by atoms with E-state index in [1.54, 1.807) is 58.2 Å². The summed E-state index contributed by atoms with van der Waals surface area (Å²) in [6, 6.07) is 19.4. The van der Waals surface area contributed by atoms with Crippen molar-refractivity contribution in [2.24, 2.45) is 0 Å². The fourth-order valence-corrected chi connectivity index (χ4v) is 14.1. The molecule has 0 aliphatic carbocycles. The maximum atomic E-state index is 16.3. The number of aromatic amines is 2. The Morgan fingerprint density at radius 2 is 1.53 bits per heavy atom. The number of sulfonamides is 2. The Morgan fingerprint density at radius 3 is 2.22 bits per heavy atom. The van der Waals surface area contributed by atoms with E-state index in [1.807, 2.05) is 24.0 Å². The summed E-state index contributed by atoms with van der Waals surface area (Å²) >= 11 is 12.8. The fraction of sp³-hybridized carbons (Fsp3) is 0.306. The number of H-pyrrole nitrogens is 2. The zero-order valence-corrected chi connectivity index (χ0v) is 43.0. The van der Waals surface area contributed by atoms with Gasteiger partial charge in [-0.15, -0.1) is 5.10 Å². The summed E-state index contributed by atoms with van der Waals surface area (Å²) in [6.07, 6.45) is 0.240. The molecule has 4 atom stereocenters. The lowest BCUT2D eigenvalue weighted by atomic mass is 9.85. The predicted octanol–water partition coefficient (Wildman–Crippen LogP) is 7.00. The highest BCUT2D eigenvalue weighted by Gasteiger charge is 2.54. The van der Waals surface area contributed by atoms with Gasteiger partial charge in [0.2, 0.25) is 31.6 Å². The van der Waals surface area contributed by atoms with Gasteiger partial charge in [-0.25, -0.2) is 45.4 Å². The van der Waals surface area contributed by atoms with E-state index in [2.05, 4.69) is 20.6 Å². The van der Waals surface area contributed by atoms with Crippen molar-refractivity contribution >= 4 is 54.6 Å². The summed E-state index contributed by atoms with van der Waals surface area (Å²) < 4.78 is 105. The first kappa shape index (κ1) is 50.3. The number of fused-ring (bicyclic) bond motifs is 5.